The molecule has 0 bridgehead atoms. The van der Waals surface area contributed by atoms with Crippen molar-refractivity contribution in [1.29, 1.82) is 0 Å². The fraction of sp³-hybridized carbons (Fsp3) is 0.471. The molecule has 2 aromatic rings. The molecule has 3 rings (SSSR count). The lowest BCUT2D eigenvalue weighted by atomic mass is 9.74. The van der Waals surface area contributed by atoms with E-state index < -0.39 is 0 Å². The summed E-state index contributed by atoms with van der Waals surface area (Å²) in [7, 11) is 3.86. The molecule has 106 valence electrons. The highest BCUT2D eigenvalue weighted by molar-refractivity contribution is 5.78. The molecule has 1 unspecified atom stereocenters. The third kappa shape index (κ3) is 2.43. The first-order valence-electron chi connectivity index (χ1n) is 7.33. The number of aromatic nitrogens is 1. The molecule has 3 nitrogen and oxygen atoms in total. The van der Waals surface area contributed by atoms with Gasteiger partial charge in [-0.05, 0) is 50.4 Å². The first kappa shape index (κ1) is 13.5. The normalized spacial score (nSPS) is 18.7. The van der Waals surface area contributed by atoms with Crippen molar-refractivity contribution in [3.8, 4) is 0 Å². The van der Waals surface area contributed by atoms with Gasteiger partial charge in [0.15, 0.2) is 0 Å². The molecule has 0 radical (unpaired) electrons. The first-order valence-corrected chi connectivity index (χ1v) is 7.33. The van der Waals surface area contributed by atoms with Gasteiger partial charge < -0.3 is 10.1 Å². The van der Waals surface area contributed by atoms with Gasteiger partial charge in [-0.3, -0.25) is 4.98 Å². The highest BCUT2D eigenvalue weighted by atomic mass is 16.5. The van der Waals surface area contributed by atoms with Gasteiger partial charge in [0.2, 0.25) is 0 Å². The largest absolute Gasteiger partial charge is 0.378 e. The standard InChI is InChI=1S/C17H22N2O/c1-18-16(12-17(20-2)8-4-9-17)14-7-6-13-5-3-10-19-15(13)11-14/h3,5-7,10-11,16,18H,4,8-9,12H2,1-2H3. The van der Waals surface area contributed by atoms with Crippen LogP contribution in [0.5, 0.6) is 0 Å². The average molecular weight is 270 g/mol. The van der Waals surface area contributed by atoms with E-state index in [0.717, 1.165) is 11.9 Å². The van der Waals surface area contributed by atoms with Crippen molar-refractivity contribution >= 4 is 10.9 Å². The SMILES string of the molecule is CNC(CC1(OC)CCC1)c1ccc2cccnc2c1. The molecule has 1 aromatic heterocycles. The van der Waals surface area contributed by atoms with Crippen LogP contribution in [0.1, 0.15) is 37.3 Å². The summed E-state index contributed by atoms with van der Waals surface area (Å²) in [4.78, 5) is 4.45. The Bertz CT molecular complexity index is 587. The predicted molar refractivity (Wildman–Crippen MR) is 81.8 cm³/mol. The molecule has 1 saturated carbocycles. The van der Waals surface area contributed by atoms with Crippen LogP contribution in [0.25, 0.3) is 10.9 Å². The summed E-state index contributed by atoms with van der Waals surface area (Å²) in [6.45, 7) is 0. The Morgan fingerprint density at radius 3 is 2.85 bits per heavy atom. The van der Waals surface area contributed by atoms with Gasteiger partial charge in [-0.1, -0.05) is 18.2 Å². The van der Waals surface area contributed by atoms with E-state index in [-0.39, 0.29) is 5.60 Å². The average Bonchev–Trinajstić information content (AvgIpc) is 2.46. The number of nitrogens with one attached hydrogen (secondary N) is 1. The van der Waals surface area contributed by atoms with Gasteiger partial charge in [-0.15, -0.1) is 0 Å². The minimum atomic E-state index is 0.0761. The summed E-state index contributed by atoms with van der Waals surface area (Å²) in [5.74, 6) is 0. The number of hydrogen-bond donors (Lipinski definition) is 1. The van der Waals surface area contributed by atoms with E-state index in [2.05, 4.69) is 34.6 Å². The van der Waals surface area contributed by atoms with E-state index in [1.807, 2.05) is 26.4 Å². The maximum absolute atomic E-state index is 5.76. The number of fused-ring (bicyclic) bond motifs is 1. The first-order chi connectivity index (χ1) is 9.76. The van der Waals surface area contributed by atoms with E-state index in [1.165, 1.54) is 30.2 Å². The Kier molecular flexibility index (Phi) is 3.72. The number of methoxy groups -OCH3 is 1. The van der Waals surface area contributed by atoms with Crippen molar-refractivity contribution in [3.05, 3.63) is 42.1 Å². The number of hydrogen-bond acceptors (Lipinski definition) is 3. The van der Waals surface area contributed by atoms with Crippen LogP contribution in [0.15, 0.2) is 36.5 Å². The fourth-order valence-corrected chi connectivity index (χ4v) is 3.12. The zero-order chi connectivity index (χ0) is 14.0. The minimum Gasteiger partial charge on any atom is -0.378 e. The Labute approximate surface area is 120 Å². The molecule has 1 N–H and O–H groups in total. The molecule has 1 aromatic carbocycles. The molecule has 1 atom stereocenters. The lowest BCUT2D eigenvalue weighted by Crippen LogP contribution is -2.42. The number of nitrogens with zero attached hydrogens (tertiary/aromatic N) is 1. The van der Waals surface area contributed by atoms with E-state index >= 15 is 0 Å². The van der Waals surface area contributed by atoms with E-state index in [9.17, 15) is 0 Å². The maximum atomic E-state index is 5.76. The predicted octanol–water partition coefficient (Wildman–Crippen LogP) is 3.45. The van der Waals surface area contributed by atoms with Gasteiger partial charge in [0.05, 0.1) is 11.1 Å². The zero-order valence-corrected chi connectivity index (χ0v) is 12.2. The van der Waals surface area contributed by atoms with Gasteiger partial charge in [0.25, 0.3) is 0 Å². The molecule has 3 heteroatoms. The third-order valence-electron chi connectivity index (χ3n) is 4.65. The lowest BCUT2D eigenvalue weighted by molar-refractivity contribution is -0.0834. The Morgan fingerprint density at radius 1 is 1.35 bits per heavy atom. The smallest absolute Gasteiger partial charge is 0.0705 e. The van der Waals surface area contributed by atoms with Crippen molar-refractivity contribution in [2.24, 2.45) is 0 Å². The molecule has 1 aliphatic carbocycles. The van der Waals surface area contributed by atoms with E-state index in [1.54, 1.807) is 0 Å². The number of benzene rings is 1. The lowest BCUT2D eigenvalue weighted by Gasteiger charge is -2.43. The number of rotatable bonds is 5. The topological polar surface area (TPSA) is 34.1 Å². The molecule has 0 saturated heterocycles. The van der Waals surface area contributed by atoms with Crippen LogP contribution in [0.2, 0.25) is 0 Å². The van der Waals surface area contributed by atoms with Crippen molar-refractivity contribution in [3.63, 3.8) is 0 Å². The third-order valence-corrected chi connectivity index (χ3v) is 4.65. The molecule has 20 heavy (non-hydrogen) atoms. The summed E-state index contributed by atoms with van der Waals surface area (Å²) < 4.78 is 5.76. The van der Waals surface area contributed by atoms with Crippen molar-refractivity contribution < 1.29 is 4.74 Å². The van der Waals surface area contributed by atoms with E-state index in [0.29, 0.717) is 6.04 Å². The monoisotopic (exact) mass is 270 g/mol. The Morgan fingerprint density at radius 2 is 2.20 bits per heavy atom. The summed E-state index contributed by atoms with van der Waals surface area (Å²) in [6.07, 6.45) is 6.51. The molecule has 0 aliphatic heterocycles. The van der Waals surface area contributed by atoms with Crippen LogP contribution in [0, 0.1) is 0 Å². The van der Waals surface area contributed by atoms with Gasteiger partial charge in [0, 0.05) is 24.7 Å². The Hall–Kier alpha value is -1.45. The van der Waals surface area contributed by atoms with Gasteiger partial charge in [-0.2, -0.15) is 0 Å². The molecule has 1 heterocycles. The van der Waals surface area contributed by atoms with Crippen molar-refractivity contribution in [2.75, 3.05) is 14.2 Å². The molecular weight excluding hydrogens is 248 g/mol. The van der Waals surface area contributed by atoms with Crippen molar-refractivity contribution in [2.45, 2.75) is 37.3 Å². The van der Waals surface area contributed by atoms with Crippen LogP contribution in [-0.2, 0) is 4.74 Å². The van der Waals surface area contributed by atoms with Crippen LogP contribution < -0.4 is 5.32 Å². The molecule has 1 aliphatic rings. The summed E-state index contributed by atoms with van der Waals surface area (Å²) in [6, 6.07) is 10.9. The second kappa shape index (κ2) is 5.51. The van der Waals surface area contributed by atoms with Gasteiger partial charge in [0.1, 0.15) is 0 Å². The second-order valence-corrected chi connectivity index (χ2v) is 5.74. The zero-order valence-electron chi connectivity index (χ0n) is 12.2. The van der Waals surface area contributed by atoms with Gasteiger partial charge >= 0.3 is 0 Å². The highest BCUT2D eigenvalue weighted by Crippen LogP contribution is 2.41. The summed E-state index contributed by atoms with van der Waals surface area (Å²) in [5, 5.41) is 4.62. The quantitative estimate of drug-likeness (QED) is 0.903. The highest BCUT2D eigenvalue weighted by Gasteiger charge is 2.39. The maximum Gasteiger partial charge on any atom is 0.0705 e. The van der Waals surface area contributed by atoms with Crippen LogP contribution in [-0.4, -0.2) is 24.7 Å². The van der Waals surface area contributed by atoms with Crippen LogP contribution in [0.4, 0.5) is 0 Å². The van der Waals surface area contributed by atoms with Crippen molar-refractivity contribution in [1.82, 2.24) is 10.3 Å². The van der Waals surface area contributed by atoms with E-state index in [4.69, 9.17) is 4.74 Å². The van der Waals surface area contributed by atoms with Crippen LogP contribution >= 0.6 is 0 Å². The number of ether oxygens (including phenoxy) is 1. The number of pyridine rings is 1. The fourth-order valence-electron chi connectivity index (χ4n) is 3.12. The molecule has 0 spiro atoms. The minimum absolute atomic E-state index is 0.0761. The molecular formula is C17H22N2O. The summed E-state index contributed by atoms with van der Waals surface area (Å²) >= 11 is 0. The molecule has 1 fully saturated rings. The Balaban J connectivity index is 1.87. The van der Waals surface area contributed by atoms with Gasteiger partial charge in [-0.25, -0.2) is 0 Å². The summed E-state index contributed by atoms with van der Waals surface area (Å²) in [5.41, 5.74) is 2.43. The van der Waals surface area contributed by atoms with Crippen LogP contribution in [0.3, 0.4) is 0 Å². The second-order valence-electron chi connectivity index (χ2n) is 5.74. The molecule has 0 amide bonds.